The fourth-order valence-electron chi connectivity index (χ4n) is 4.74. The highest BCUT2D eigenvalue weighted by Crippen LogP contribution is 2.34. The summed E-state index contributed by atoms with van der Waals surface area (Å²) in [5, 5.41) is 11.4. The average molecular weight is 501 g/mol. The van der Waals surface area contributed by atoms with Gasteiger partial charge in [-0.05, 0) is 30.0 Å². The van der Waals surface area contributed by atoms with E-state index in [1.807, 2.05) is 91.0 Å². The molecule has 0 aromatic heterocycles. The third-order valence-corrected chi connectivity index (χ3v) is 6.78. The highest BCUT2D eigenvalue weighted by atomic mass is 16.6. The highest BCUT2D eigenvalue weighted by molar-refractivity contribution is 5.95. The number of aliphatic hydroxyl groups is 1. The standard InChI is InChI=1S/C30H32N2O5/c1-21-28(25-16-10-5-11-17-25)37-30(36)32(21)29(35)26(18-23-12-6-3-7-13-23)27(34)20-31(22(2)33)19-24-14-8-4-9-15-24/h3-17,21,26-28,34H,18-20H2,1-2H3/t21-,26+,27+,28-/m1/s1. The minimum Gasteiger partial charge on any atom is -0.439 e. The number of aliphatic hydroxyl groups excluding tert-OH is 1. The van der Waals surface area contributed by atoms with Crippen LogP contribution in [0.25, 0.3) is 0 Å². The second-order valence-corrected chi connectivity index (χ2v) is 9.41. The van der Waals surface area contributed by atoms with E-state index in [9.17, 15) is 19.5 Å². The van der Waals surface area contributed by atoms with Gasteiger partial charge in [-0.2, -0.15) is 0 Å². The molecule has 0 aliphatic carbocycles. The molecule has 7 heteroatoms. The maximum absolute atomic E-state index is 13.9. The van der Waals surface area contributed by atoms with E-state index in [4.69, 9.17) is 4.74 Å². The Balaban J connectivity index is 1.58. The number of hydrogen-bond acceptors (Lipinski definition) is 5. The van der Waals surface area contributed by atoms with Gasteiger partial charge in [0.15, 0.2) is 0 Å². The topological polar surface area (TPSA) is 87.2 Å². The molecule has 0 bridgehead atoms. The average Bonchev–Trinajstić information content (AvgIpc) is 3.21. The van der Waals surface area contributed by atoms with Crippen LogP contribution in [0.3, 0.4) is 0 Å². The number of cyclic esters (lactones) is 1. The highest BCUT2D eigenvalue weighted by Gasteiger charge is 2.46. The van der Waals surface area contributed by atoms with Crippen molar-refractivity contribution in [3.63, 3.8) is 0 Å². The van der Waals surface area contributed by atoms with Crippen LogP contribution in [0.15, 0.2) is 91.0 Å². The van der Waals surface area contributed by atoms with Crippen LogP contribution in [0.2, 0.25) is 0 Å². The van der Waals surface area contributed by atoms with Crippen molar-refractivity contribution in [2.24, 2.45) is 5.92 Å². The molecule has 1 heterocycles. The van der Waals surface area contributed by atoms with Gasteiger partial charge < -0.3 is 14.7 Å². The number of amides is 3. The first-order valence-electron chi connectivity index (χ1n) is 12.4. The zero-order valence-corrected chi connectivity index (χ0v) is 21.1. The smallest absolute Gasteiger partial charge is 0.417 e. The van der Waals surface area contributed by atoms with Crippen LogP contribution in [0, 0.1) is 5.92 Å². The van der Waals surface area contributed by atoms with Crippen LogP contribution >= 0.6 is 0 Å². The minimum atomic E-state index is -1.20. The third kappa shape index (κ3) is 6.24. The molecule has 4 atom stereocenters. The predicted molar refractivity (Wildman–Crippen MR) is 139 cm³/mol. The van der Waals surface area contributed by atoms with Crippen molar-refractivity contribution in [3.05, 3.63) is 108 Å². The summed E-state index contributed by atoms with van der Waals surface area (Å²) in [6.07, 6.45) is -2.32. The van der Waals surface area contributed by atoms with Crippen LogP contribution in [-0.2, 0) is 27.3 Å². The molecule has 4 rings (SSSR count). The maximum Gasteiger partial charge on any atom is 0.417 e. The van der Waals surface area contributed by atoms with Crippen molar-refractivity contribution in [2.45, 2.75) is 45.1 Å². The Bertz CT molecular complexity index is 1200. The SMILES string of the molecule is CC(=O)N(Cc1ccccc1)C[C@H](O)[C@H](Cc1ccccc1)C(=O)N1C(=O)O[C@@H](c2ccccc2)[C@H]1C. The molecule has 1 N–H and O–H groups in total. The largest absolute Gasteiger partial charge is 0.439 e. The van der Waals surface area contributed by atoms with Gasteiger partial charge in [0.05, 0.1) is 18.1 Å². The first-order valence-corrected chi connectivity index (χ1v) is 12.4. The summed E-state index contributed by atoms with van der Waals surface area (Å²) in [5.41, 5.74) is 2.56. The number of rotatable bonds is 9. The van der Waals surface area contributed by atoms with Crippen molar-refractivity contribution < 1.29 is 24.2 Å². The summed E-state index contributed by atoms with van der Waals surface area (Å²) in [6, 6.07) is 27.5. The van der Waals surface area contributed by atoms with Gasteiger partial charge in [-0.15, -0.1) is 0 Å². The van der Waals surface area contributed by atoms with Crippen LogP contribution < -0.4 is 0 Å². The van der Waals surface area contributed by atoms with Gasteiger partial charge in [0.1, 0.15) is 6.10 Å². The van der Waals surface area contributed by atoms with Crippen LogP contribution in [0.1, 0.15) is 36.6 Å². The van der Waals surface area contributed by atoms with E-state index in [2.05, 4.69) is 0 Å². The van der Waals surface area contributed by atoms with Gasteiger partial charge in [0, 0.05) is 20.0 Å². The lowest BCUT2D eigenvalue weighted by molar-refractivity contribution is -0.140. The predicted octanol–water partition coefficient (Wildman–Crippen LogP) is 4.36. The molecule has 1 aliphatic rings. The molecule has 3 aromatic rings. The summed E-state index contributed by atoms with van der Waals surface area (Å²) < 4.78 is 5.59. The molecule has 192 valence electrons. The molecule has 1 fully saturated rings. The Morgan fingerprint density at radius 1 is 0.919 bits per heavy atom. The number of carbonyl (C=O) groups excluding carboxylic acids is 3. The number of ether oxygens (including phenoxy) is 1. The number of nitrogens with zero attached hydrogens (tertiary/aromatic N) is 2. The Kier molecular flexibility index (Phi) is 8.36. The van der Waals surface area contributed by atoms with Gasteiger partial charge >= 0.3 is 6.09 Å². The Labute approximate surface area is 217 Å². The number of imide groups is 1. The van der Waals surface area contributed by atoms with Gasteiger partial charge in [-0.3, -0.25) is 9.59 Å². The Morgan fingerprint density at radius 2 is 1.46 bits per heavy atom. The zero-order chi connectivity index (χ0) is 26.4. The lowest BCUT2D eigenvalue weighted by atomic mass is 9.91. The number of hydrogen-bond donors (Lipinski definition) is 1. The van der Waals surface area contributed by atoms with E-state index in [-0.39, 0.29) is 18.9 Å². The second kappa shape index (κ2) is 11.8. The fraction of sp³-hybridized carbons (Fsp3) is 0.300. The molecule has 3 amide bonds. The van der Waals surface area contributed by atoms with Crippen molar-refractivity contribution in [1.29, 1.82) is 0 Å². The van der Waals surface area contributed by atoms with Crippen molar-refractivity contribution >= 4 is 17.9 Å². The normalized spacial score (nSPS) is 18.7. The molecule has 7 nitrogen and oxygen atoms in total. The third-order valence-electron chi connectivity index (χ3n) is 6.78. The van der Waals surface area contributed by atoms with Gasteiger partial charge in [0.25, 0.3) is 0 Å². The monoisotopic (exact) mass is 500 g/mol. The molecule has 37 heavy (non-hydrogen) atoms. The van der Waals surface area contributed by atoms with Gasteiger partial charge in [-0.25, -0.2) is 9.69 Å². The fourth-order valence-corrected chi connectivity index (χ4v) is 4.74. The van der Waals surface area contributed by atoms with E-state index in [1.165, 1.54) is 11.8 Å². The first-order chi connectivity index (χ1) is 17.8. The zero-order valence-electron chi connectivity index (χ0n) is 21.1. The van der Waals surface area contributed by atoms with E-state index in [0.717, 1.165) is 21.6 Å². The van der Waals surface area contributed by atoms with E-state index >= 15 is 0 Å². The summed E-state index contributed by atoms with van der Waals surface area (Å²) >= 11 is 0. The molecule has 1 aliphatic heterocycles. The molecular formula is C30H32N2O5. The second-order valence-electron chi connectivity index (χ2n) is 9.41. The molecule has 0 saturated carbocycles. The van der Waals surface area contributed by atoms with Crippen molar-refractivity contribution in [1.82, 2.24) is 9.80 Å². The van der Waals surface area contributed by atoms with Crippen LogP contribution in [-0.4, -0.2) is 51.5 Å². The maximum atomic E-state index is 13.9. The Hall–Kier alpha value is -3.97. The molecule has 0 unspecified atom stereocenters. The summed E-state index contributed by atoms with van der Waals surface area (Å²) in [7, 11) is 0. The molecule has 1 saturated heterocycles. The van der Waals surface area contributed by atoms with Crippen LogP contribution in [0.5, 0.6) is 0 Å². The lowest BCUT2D eigenvalue weighted by Gasteiger charge is -2.31. The molecule has 0 spiro atoms. The molecular weight excluding hydrogens is 468 g/mol. The quantitative estimate of drug-likeness (QED) is 0.472. The summed E-state index contributed by atoms with van der Waals surface area (Å²) in [6.45, 7) is 3.46. The Morgan fingerprint density at radius 3 is 2.03 bits per heavy atom. The molecule has 3 aromatic carbocycles. The summed E-state index contributed by atoms with van der Waals surface area (Å²) in [5.74, 6) is -1.69. The lowest BCUT2D eigenvalue weighted by Crippen LogP contribution is -2.49. The first kappa shape index (κ1) is 26.1. The number of carbonyl (C=O) groups is 3. The van der Waals surface area contributed by atoms with Crippen LogP contribution in [0.4, 0.5) is 4.79 Å². The van der Waals surface area contributed by atoms with E-state index < -0.39 is 36.2 Å². The van der Waals surface area contributed by atoms with Gasteiger partial charge in [0.2, 0.25) is 11.8 Å². The van der Waals surface area contributed by atoms with E-state index in [1.54, 1.807) is 6.92 Å². The summed E-state index contributed by atoms with van der Waals surface area (Å²) in [4.78, 5) is 41.8. The van der Waals surface area contributed by atoms with E-state index in [0.29, 0.717) is 6.54 Å². The van der Waals surface area contributed by atoms with Crippen molar-refractivity contribution in [3.8, 4) is 0 Å². The number of benzene rings is 3. The van der Waals surface area contributed by atoms with Gasteiger partial charge in [-0.1, -0.05) is 91.0 Å². The minimum absolute atomic E-state index is 0.0488. The molecule has 0 radical (unpaired) electrons. The van der Waals surface area contributed by atoms with Crippen molar-refractivity contribution in [2.75, 3.05) is 6.54 Å².